The van der Waals surface area contributed by atoms with Crippen molar-refractivity contribution < 1.29 is 36.6 Å². The van der Waals surface area contributed by atoms with E-state index in [1.54, 1.807) is 0 Å². The molecule has 0 saturated carbocycles. The maximum atomic E-state index is 12.4. The van der Waals surface area contributed by atoms with Gasteiger partial charge in [-0.2, -0.15) is 17.6 Å². The Morgan fingerprint density at radius 1 is 0.667 bits per heavy atom. The molecule has 30 heavy (non-hydrogen) atoms. The average Bonchev–Trinajstić information content (AvgIpc) is 2.70. The molecule has 0 fully saturated rings. The molecule has 8 heteroatoms. The zero-order chi connectivity index (χ0) is 23.2. The van der Waals surface area contributed by atoms with Crippen molar-refractivity contribution in [1.82, 2.24) is 0 Å². The van der Waals surface area contributed by atoms with E-state index in [2.05, 4.69) is 9.47 Å². The van der Waals surface area contributed by atoms with Crippen LogP contribution in [0.1, 0.15) is 31.8 Å². The highest BCUT2D eigenvalue weighted by Gasteiger charge is 2.56. The molecule has 0 N–H and O–H groups in total. The molecule has 0 radical (unpaired) electrons. The lowest BCUT2D eigenvalue weighted by Gasteiger charge is -2.24. The SMILES string of the molecule is COCC(F)(F)C(F)(F)COC.Cc1ccc(C=O)cc1.Cc1ccc(C=O)cc1. The van der Waals surface area contributed by atoms with E-state index in [9.17, 15) is 27.2 Å². The molecule has 2 aromatic carbocycles. The summed E-state index contributed by atoms with van der Waals surface area (Å²) in [4.78, 5) is 20.2. The van der Waals surface area contributed by atoms with Gasteiger partial charge in [0.1, 0.15) is 25.8 Å². The van der Waals surface area contributed by atoms with Crippen molar-refractivity contribution in [3.63, 3.8) is 0 Å². The largest absolute Gasteiger partial charge is 0.378 e. The molecule has 4 nitrogen and oxygen atoms in total. The van der Waals surface area contributed by atoms with Crippen molar-refractivity contribution in [2.24, 2.45) is 0 Å². The van der Waals surface area contributed by atoms with Crippen LogP contribution in [0.15, 0.2) is 48.5 Å². The highest BCUT2D eigenvalue weighted by Crippen LogP contribution is 2.34. The third-order valence-corrected chi connectivity index (χ3v) is 3.61. The molecule has 2 rings (SSSR count). The zero-order valence-electron chi connectivity index (χ0n) is 17.3. The van der Waals surface area contributed by atoms with Gasteiger partial charge in [-0.05, 0) is 13.8 Å². The maximum absolute atomic E-state index is 12.4. The molecule has 0 amide bonds. The summed E-state index contributed by atoms with van der Waals surface area (Å²) in [5.41, 5.74) is 3.84. The predicted octanol–water partition coefficient (Wildman–Crippen LogP) is 5.16. The monoisotopic (exact) mass is 430 g/mol. The van der Waals surface area contributed by atoms with Crippen LogP contribution in [0, 0.1) is 13.8 Å². The van der Waals surface area contributed by atoms with Crippen LogP contribution in [0.25, 0.3) is 0 Å². The van der Waals surface area contributed by atoms with Crippen LogP contribution >= 0.6 is 0 Å². The molecule has 0 bridgehead atoms. The molecule has 0 saturated heterocycles. The van der Waals surface area contributed by atoms with Crippen LogP contribution < -0.4 is 0 Å². The molecule has 0 unspecified atom stereocenters. The van der Waals surface area contributed by atoms with E-state index in [1.165, 1.54) is 11.1 Å². The van der Waals surface area contributed by atoms with E-state index < -0.39 is 25.1 Å². The lowest BCUT2D eigenvalue weighted by atomic mass is 10.2. The van der Waals surface area contributed by atoms with E-state index in [0.29, 0.717) is 0 Å². The quantitative estimate of drug-likeness (QED) is 0.450. The fourth-order valence-corrected chi connectivity index (χ4v) is 1.86. The van der Waals surface area contributed by atoms with Gasteiger partial charge in [0.25, 0.3) is 0 Å². The fourth-order valence-electron chi connectivity index (χ4n) is 1.86. The summed E-state index contributed by atoms with van der Waals surface area (Å²) in [7, 11) is 1.85. The maximum Gasteiger partial charge on any atom is 0.335 e. The minimum atomic E-state index is -4.18. The molecule has 0 aromatic heterocycles. The average molecular weight is 430 g/mol. The predicted molar refractivity (Wildman–Crippen MR) is 107 cm³/mol. The number of hydrogen-bond acceptors (Lipinski definition) is 4. The van der Waals surface area contributed by atoms with Gasteiger partial charge in [0.2, 0.25) is 0 Å². The van der Waals surface area contributed by atoms with Gasteiger partial charge in [-0.15, -0.1) is 0 Å². The van der Waals surface area contributed by atoms with Gasteiger partial charge < -0.3 is 9.47 Å². The summed E-state index contributed by atoms with van der Waals surface area (Å²) >= 11 is 0. The second-order valence-corrected chi connectivity index (χ2v) is 6.33. The normalized spacial score (nSPS) is 10.8. The summed E-state index contributed by atoms with van der Waals surface area (Å²) in [5, 5.41) is 0. The Morgan fingerprint density at radius 2 is 0.933 bits per heavy atom. The Balaban J connectivity index is 0.000000426. The van der Waals surface area contributed by atoms with Crippen molar-refractivity contribution in [3.05, 3.63) is 70.8 Å². The number of benzene rings is 2. The first kappa shape index (κ1) is 27.4. The van der Waals surface area contributed by atoms with Crippen molar-refractivity contribution >= 4 is 12.6 Å². The summed E-state index contributed by atoms with van der Waals surface area (Å²) in [6.45, 7) is 1.36. The molecule has 0 spiro atoms. The Hall–Kier alpha value is -2.58. The summed E-state index contributed by atoms with van der Waals surface area (Å²) in [5.74, 6) is -8.37. The molecule has 166 valence electrons. The van der Waals surface area contributed by atoms with Crippen molar-refractivity contribution in [2.75, 3.05) is 27.4 Å². The van der Waals surface area contributed by atoms with E-state index >= 15 is 0 Å². The van der Waals surface area contributed by atoms with Crippen molar-refractivity contribution in [1.29, 1.82) is 0 Å². The van der Waals surface area contributed by atoms with Crippen LogP contribution in [0.2, 0.25) is 0 Å². The lowest BCUT2D eigenvalue weighted by molar-refractivity contribution is -0.245. The van der Waals surface area contributed by atoms with Crippen molar-refractivity contribution in [2.45, 2.75) is 25.7 Å². The summed E-state index contributed by atoms with van der Waals surface area (Å²) < 4.78 is 57.6. The number of halogens is 4. The highest BCUT2D eigenvalue weighted by atomic mass is 19.3. The molecule has 0 aliphatic rings. The summed E-state index contributed by atoms with van der Waals surface area (Å²) in [6, 6.07) is 14.9. The first-order chi connectivity index (χ1) is 14.0. The topological polar surface area (TPSA) is 52.6 Å². The molecular weight excluding hydrogens is 404 g/mol. The molecule has 0 atom stereocenters. The standard InChI is InChI=1S/2C8H8O.C6H10F4O2/c2*1-7-2-4-8(6-9)5-3-7;1-11-3-5(7,8)6(9,10)4-12-2/h2*2-6H,1H3;3-4H2,1-2H3. The van der Waals surface area contributed by atoms with Gasteiger partial charge in [-0.3, -0.25) is 9.59 Å². The van der Waals surface area contributed by atoms with Gasteiger partial charge in [-0.25, -0.2) is 0 Å². The van der Waals surface area contributed by atoms with Crippen molar-refractivity contribution in [3.8, 4) is 0 Å². The van der Waals surface area contributed by atoms with Gasteiger partial charge in [0.05, 0.1) is 0 Å². The summed E-state index contributed by atoms with van der Waals surface area (Å²) in [6.07, 6.45) is 1.69. The van der Waals surface area contributed by atoms with Gasteiger partial charge in [0, 0.05) is 25.3 Å². The first-order valence-corrected chi connectivity index (χ1v) is 8.80. The highest BCUT2D eigenvalue weighted by molar-refractivity contribution is 5.74. The molecule has 0 aliphatic carbocycles. The van der Waals surface area contributed by atoms with E-state index in [-0.39, 0.29) is 0 Å². The number of aryl methyl sites for hydroxylation is 2. The number of carbonyl (C=O) groups excluding carboxylic acids is 2. The minimum absolute atomic E-state index is 0.737. The number of methoxy groups -OCH3 is 2. The third-order valence-electron chi connectivity index (χ3n) is 3.61. The number of rotatable bonds is 7. The lowest BCUT2D eigenvalue weighted by Crippen LogP contribution is -2.47. The van der Waals surface area contributed by atoms with Gasteiger partial charge >= 0.3 is 11.8 Å². The van der Waals surface area contributed by atoms with E-state index in [0.717, 1.165) is 37.9 Å². The van der Waals surface area contributed by atoms with Gasteiger partial charge in [0.15, 0.2) is 0 Å². The Kier molecular flexibility index (Phi) is 12.4. The molecule has 2 aromatic rings. The Labute approximate surface area is 173 Å². The number of ether oxygens (including phenoxy) is 2. The van der Waals surface area contributed by atoms with E-state index in [4.69, 9.17) is 0 Å². The van der Waals surface area contributed by atoms with Gasteiger partial charge in [-0.1, -0.05) is 59.7 Å². The van der Waals surface area contributed by atoms with Crippen LogP contribution in [-0.2, 0) is 9.47 Å². The number of hydrogen-bond donors (Lipinski definition) is 0. The number of carbonyl (C=O) groups is 2. The van der Waals surface area contributed by atoms with Crippen LogP contribution in [0.5, 0.6) is 0 Å². The fraction of sp³-hybridized carbons (Fsp3) is 0.364. The van der Waals surface area contributed by atoms with E-state index in [1.807, 2.05) is 62.4 Å². The third kappa shape index (κ3) is 10.3. The Bertz CT molecular complexity index is 679. The smallest absolute Gasteiger partial charge is 0.335 e. The minimum Gasteiger partial charge on any atom is -0.378 e. The molecule has 0 aliphatic heterocycles. The van der Waals surface area contributed by atoms with Crippen LogP contribution in [-0.4, -0.2) is 51.9 Å². The second kappa shape index (κ2) is 13.6. The molecular formula is C22H26F4O4. The Morgan fingerprint density at radius 3 is 1.13 bits per heavy atom. The zero-order valence-corrected chi connectivity index (χ0v) is 17.3. The second-order valence-electron chi connectivity index (χ2n) is 6.33. The molecule has 0 heterocycles. The number of aldehydes is 2. The van der Waals surface area contributed by atoms with Crippen LogP contribution in [0.3, 0.4) is 0 Å². The first-order valence-electron chi connectivity index (χ1n) is 8.80. The van der Waals surface area contributed by atoms with Crippen LogP contribution in [0.4, 0.5) is 17.6 Å². The number of alkyl halides is 4.